The van der Waals surface area contributed by atoms with E-state index in [1.165, 1.54) is 54.6 Å². The molecule has 0 amide bonds. The predicted octanol–water partition coefficient (Wildman–Crippen LogP) is 14.2. The van der Waals surface area contributed by atoms with Crippen molar-refractivity contribution in [2.45, 2.75) is 19.3 Å². The van der Waals surface area contributed by atoms with Crippen molar-refractivity contribution in [1.29, 1.82) is 0 Å². The van der Waals surface area contributed by atoms with Crippen molar-refractivity contribution in [3.8, 4) is 56.4 Å². The van der Waals surface area contributed by atoms with E-state index in [2.05, 4.69) is 159 Å². The molecule has 0 unspecified atom stereocenters. The van der Waals surface area contributed by atoms with Crippen molar-refractivity contribution in [2.24, 2.45) is 0 Å². The van der Waals surface area contributed by atoms with Crippen molar-refractivity contribution >= 4 is 54.3 Å². The first-order chi connectivity index (χ1) is 28.5. The maximum absolute atomic E-state index is 6.65. The number of aromatic nitrogens is 3. The highest BCUT2D eigenvalue weighted by atomic mass is 16.3. The van der Waals surface area contributed by atoms with E-state index in [1.54, 1.807) is 0 Å². The van der Waals surface area contributed by atoms with E-state index in [4.69, 9.17) is 19.4 Å². The van der Waals surface area contributed by atoms with Crippen molar-refractivity contribution < 1.29 is 4.42 Å². The Morgan fingerprint density at radius 2 is 0.776 bits per heavy atom. The average Bonchev–Trinajstić information content (AvgIpc) is 3.76. The van der Waals surface area contributed by atoms with E-state index < -0.39 is 0 Å². The number of rotatable bonds is 4. The largest absolute Gasteiger partial charge is 0.456 e. The summed E-state index contributed by atoms with van der Waals surface area (Å²) < 4.78 is 6.65. The minimum absolute atomic E-state index is 0.135. The molecule has 0 spiro atoms. The maximum atomic E-state index is 6.65. The van der Waals surface area contributed by atoms with Gasteiger partial charge in [-0.25, -0.2) is 15.0 Å². The molecule has 11 aromatic rings. The van der Waals surface area contributed by atoms with Gasteiger partial charge in [0.25, 0.3) is 0 Å². The van der Waals surface area contributed by atoms with E-state index in [-0.39, 0.29) is 5.41 Å². The lowest BCUT2D eigenvalue weighted by molar-refractivity contribution is 0.660. The van der Waals surface area contributed by atoms with Gasteiger partial charge in [0.1, 0.15) is 11.2 Å². The van der Waals surface area contributed by atoms with Gasteiger partial charge in [-0.3, -0.25) is 0 Å². The molecule has 4 nitrogen and oxygen atoms in total. The number of furan rings is 1. The third kappa shape index (κ3) is 4.91. The normalized spacial score (nSPS) is 13.1. The summed E-state index contributed by atoms with van der Waals surface area (Å²) in [6.07, 6.45) is 0. The van der Waals surface area contributed by atoms with Gasteiger partial charge in [0.05, 0.1) is 0 Å². The zero-order valence-corrected chi connectivity index (χ0v) is 32.0. The third-order valence-corrected chi connectivity index (χ3v) is 12.3. The molecule has 58 heavy (non-hydrogen) atoms. The summed E-state index contributed by atoms with van der Waals surface area (Å²) in [7, 11) is 0. The second-order valence-corrected chi connectivity index (χ2v) is 16.0. The van der Waals surface area contributed by atoms with Gasteiger partial charge >= 0.3 is 0 Å². The number of hydrogen-bond donors (Lipinski definition) is 0. The van der Waals surface area contributed by atoms with Crippen molar-refractivity contribution in [3.05, 3.63) is 187 Å². The van der Waals surface area contributed by atoms with Crippen molar-refractivity contribution in [3.63, 3.8) is 0 Å². The Labute approximate surface area is 335 Å². The summed E-state index contributed by atoms with van der Waals surface area (Å²) in [6, 6.07) is 62.6. The lowest BCUT2D eigenvalue weighted by Gasteiger charge is -2.21. The molecule has 0 atom stereocenters. The highest BCUT2D eigenvalue weighted by Gasteiger charge is 2.35. The third-order valence-electron chi connectivity index (χ3n) is 12.3. The zero-order valence-electron chi connectivity index (χ0n) is 32.0. The van der Waals surface area contributed by atoms with Crippen LogP contribution in [0.25, 0.3) is 111 Å². The van der Waals surface area contributed by atoms with E-state index in [0.29, 0.717) is 17.5 Å². The minimum Gasteiger partial charge on any atom is -0.456 e. The SMILES string of the molecule is CC1(C)c2ccccc2-c2ccc(-c3nc(-c4ccccc4)nc(-c4ccc5c(c4)oc4cc(-c6ccc7c8ccccc8c8ccccc8c7c6)ccc45)n3)cc21. The van der Waals surface area contributed by atoms with Crippen molar-refractivity contribution in [1.82, 2.24) is 15.0 Å². The van der Waals surface area contributed by atoms with Gasteiger partial charge in [0.15, 0.2) is 17.5 Å². The lowest BCUT2D eigenvalue weighted by Crippen LogP contribution is -2.15. The fourth-order valence-electron chi connectivity index (χ4n) is 9.38. The molecule has 0 radical (unpaired) electrons. The first-order valence-electron chi connectivity index (χ1n) is 19.8. The Morgan fingerprint density at radius 1 is 0.328 bits per heavy atom. The molecule has 0 saturated heterocycles. The molecular weight excluding hydrogens is 707 g/mol. The summed E-state index contributed by atoms with van der Waals surface area (Å²) in [5.74, 6) is 1.88. The van der Waals surface area contributed by atoms with Crippen LogP contribution in [0.15, 0.2) is 180 Å². The fraction of sp³-hybridized carbons (Fsp3) is 0.0556. The number of hydrogen-bond acceptors (Lipinski definition) is 4. The standard InChI is InChI=1S/C54H35N3O/c1-54(2)47-19-11-10-18-42(47)43-25-22-35(29-48(43)54)52-55-51(32-12-4-3-5-13-32)56-53(57-52)36-23-27-45-44-26-21-34(30-49(44)58-50(45)31-36)33-20-24-41-39-16-7-6-14-37(39)38-15-8-9-17-40(38)46(41)28-33/h3-31H,1-2H3. The molecule has 0 aliphatic heterocycles. The number of nitrogens with zero attached hydrogens (tertiary/aromatic N) is 3. The first kappa shape index (κ1) is 32.8. The molecule has 2 aromatic heterocycles. The molecule has 0 bridgehead atoms. The molecule has 2 heterocycles. The molecule has 0 N–H and O–H groups in total. The molecule has 4 heteroatoms. The highest BCUT2D eigenvalue weighted by molar-refractivity contribution is 6.25. The second kappa shape index (κ2) is 12.3. The molecule has 272 valence electrons. The number of benzene rings is 9. The molecule has 9 aromatic carbocycles. The maximum Gasteiger partial charge on any atom is 0.164 e. The van der Waals surface area contributed by atoms with Gasteiger partial charge < -0.3 is 4.42 Å². The fourth-order valence-corrected chi connectivity index (χ4v) is 9.38. The van der Waals surface area contributed by atoms with E-state index >= 15 is 0 Å². The van der Waals surface area contributed by atoms with Gasteiger partial charge in [0.2, 0.25) is 0 Å². The topological polar surface area (TPSA) is 51.8 Å². The Morgan fingerprint density at radius 3 is 1.45 bits per heavy atom. The minimum atomic E-state index is -0.135. The molecule has 0 saturated carbocycles. The Hall–Kier alpha value is -7.43. The molecule has 1 aliphatic carbocycles. The van der Waals surface area contributed by atoms with Crippen LogP contribution in [0.2, 0.25) is 0 Å². The molecule has 0 fully saturated rings. The van der Waals surface area contributed by atoms with Crippen LogP contribution in [-0.4, -0.2) is 15.0 Å². The van der Waals surface area contributed by atoms with E-state index in [1.807, 2.05) is 30.3 Å². The summed E-state index contributed by atoms with van der Waals surface area (Å²) in [6.45, 7) is 4.60. The van der Waals surface area contributed by atoms with Gasteiger partial charge in [-0.15, -0.1) is 0 Å². The van der Waals surface area contributed by atoms with Gasteiger partial charge in [-0.2, -0.15) is 0 Å². The van der Waals surface area contributed by atoms with Crippen LogP contribution in [0, 0.1) is 0 Å². The summed E-state index contributed by atoms with van der Waals surface area (Å²) in [4.78, 5) is 15.2. The smallest absolute Gasteiger partial charge is 0.164 e. The van der Waals surface area contributed by atoms with Crippen LogP contribution in [0.3, 0.4) is 0 Å². The Kier molecular flexibility index (Phi) is 6.94. The average molecular weight is 742 g/mol. The van der Waals surface area contributed by atoms with Gasteiger partial charge in [-0.1, -0.05) is 153 Å². The second-order valence-electron chi connectivity index (χ2n) is 16.0. The summed E-state index contributed by atoms with van der Waals surface area (Å²) in [5.41, 5.74) is 11.7. The van der Waals surface area contributed by atoms with E-state index in [0.717, 1.165) is 49.8 Å². The number of fused-ring (bicyclic) bond motifs is 12. The lowest BCUT2D eigenvalue weighted by atomic mass is 9.82. The van der Waals surface area contributed by atoms with Crippen molar-refractivity contribution in [2.75, 3.05) is 0 Å². The monoisotopic (exact) mass is 741 g/mol. The Balaban J connectivity index is 0.964. The molecular formula is C54H35N3O. The van der Waals surface area contributed by atoms with Gasteiger partial charge in [0, 0.05) is 32.9 Å². The van der Waals surface area contributed by atoms with Crippen LogP contribution < -0.4 is 0 Å². The van der Waals surface area contributed by atoms with E-state index in [9.17, 15) is 0 Å². The van der Waals surface area contributed by atoms with Crippen LogP contribution >= 0.6 is 0 Å². The highest BCUT2D eigenvalue weighted by Crippen LogP contribution is 2.49. The predicted molar refractivity (Wildman–Crippen MR) is 239 cm³/mol. The first-order valence-corrected chi connectivity index (χ1v) is 19.8. The van der Waals surface area contributed by atoms with Crippen LogP contribution in [0.5, 0.6) is 0 Å². The molecule has 1 aliphatic rings. The van der Waals surface area contributed by atoms with Crippen LogP contribution in [-0.2, 0) is 5.41 Å². The molecule has 12 rings (SSSR count). The Bertz CT molecular complexity index is 3450. The summed E-state index contributed by atoms with van der Waals surface area (Å²) >= 11 is 0. The van der Waals surface area contributed by atoms with Crippen LogP contribution in [0.1, 0.15) is 25.0 Å². The quantitative estimate of drug-likeness (QED) is 0.169. The van der Waals surface area contributed by atoms with Gasteiger partial charge in [-0.05, 0) is 102 Å². The summed E-state index contributed by atoms with van der Waals surface area (Å²) in [5, 5.41) is 9.73. The van der Waals surface area contributed by atoms with Crippen LogP contribution in [0.4, 0.5) is 0 Å². The zero-order chi connectivity index (χ0) is 38.5.